The van der Waals surface area contributed by atoms with Crippen LogP contribution in [0.3, 0.4) is 0 Å². The topological polar surface area (TPSA) is 84.5 Å². The second-order valence-corrected chi connectivity index (χ2v) is 5.62. The highest BCUT2D eigenvalue weighted by atomic mass is 16.5. The van der Waals surface area contributed by atoms with Crippen LogP contribution in [0.5, 0.6) is 0 Å². The van der Waals surface area contributed by atoms with Crippen molar-refractivity contribution in [3.8, 4) is 0 Å². The lowest BCUT2D eigenvalue weighted by Gasteiger charge is -2.20. The molecule has 1 atom stereocenters. The summed E-state index contributed by atoms with van der Waals surface area (Å²) < 4.78 is 4.80. The van der Waals surface area contributed by atoms with E-state index in [1.54, 1.807) is 37.3 Å². The number of hydrogen-bond acceptors (Lipinski definition) is 4. The van der Waals surface area contributed by atoms with Crippen LogP contribution in [0, 0.1) is 5.92 Å². The Labute approximate surface area is 142 Å². The van der Waals surface area contributed by atoms with Crippen molar-refractivity contribution < 1.29 is 19.1 Å². The highest BCUT2D eigenvalue weighted by molar-refractivity contribution is 5.97. The first kappa shape index (κ1) is 19.4. The smallest absolute Gasteiger partial charge is 0.330 e. The molecule has 1 rings (SSSR count). The average molecular weight is 332 g/mol. The fourth-order valence-corrected chi connectivity index (χ4v) is 2.01. The normalized spacial score (nSPS) is 12.0. The zero-order valence-corrected chi connectivity index (χ0v) is 14.5. The van der Waals surface area contributed by atoms with Crippen molar-refractivity contribution in [1.29, 1.82) is 0 Å². The van der Waals surface area contributed by atoms with Gasteiger partial charge in [0.1, 0.15) is 6.04 Å². The quantitative estimate of drug-likeness (QED) is 0.593. The predicted octanol–water partition coefficient (Wildman–Crippen LogP) is 2.36. The number of rotatable bonds is 7. The Morgan fingerprint density at radius 2 is 1.79 bits per heavy atom. The molecule has 0 saturated heterocycles. The van der Waals surface area contributed by atoms with Gasteiger partial charge < -0.3 is 15.4 Å². The zero-order valence-electron chi connectivity index (χ0n) is 14.5. The Balaban J connectivity index is 2.70. The number of hydrogen-bond donors (Lipinski definition) is 2. The van der Waals surface area contributed by atoms with Gasteiger partial charge in [0.25, 0.3) is 0 Å². The van der Waals surface area contributed by atoms with Crippen LogP contribution in [0.25, 0.3) is 6.08 Å². The van der Waals surface area contributed by atoms with Gasteiger partial charge in [-0.2, -0.15) is 0 Å². The number of anilines is 1. The van der Waals surface area contributed by atoms with Crippen molar-refractivity contribution in [2.45, 2.75) is 33.7 Å². The van der Waals surface area contributed by atoms with Crippen molar-refractivity contribution in [2.75, 3.05) is 11.9 Å². The molecule has 0 aromatic heterocycles. The minimum absolute atomic E-state index is 0.0271. The summed E-state index contributed by atoms with van der Waals surface area (Å²) in [5, 5.41) is 5.41. The molecule has 0 spiro atoms. The Kier molecular flexibility index (Phi) is 7.68. The molecular formula is C18H24N2O4. The Hall–Kier alpha value is -2.63. The lowest BCUT2D eigenvalue weighted by atomic mass is 10.0. The van der Waals surface area contributed by atoms with Gasteiger partial charge >= 0.3 is 5.97 Å². The van der Waals surface area contributed by atoms with Crippen LogP contribution >= 0.6 is 0 Å². The van der Waals surface area contributed by atoms with Crippen molar-refractivity contribution in [2.24, 2.45) is 5.92 Å². The first-order valence-corrected chi connectivity index (χ1v) is 7.86. The van der Waals surface area contributed by atoms with E-state index in [9.17, 15) is 14.4 Å². The molecule has 1 unspecified atom stereocenters. The van der Waals surface area contributed by atoms with Crippen LogP contribution in [-0.2, 0) is 19.1 Å². The zero-order chi connectivity index (χ0) is 18.1. The van der Waals surface area contributed by atoms with Gasteiger partial charge in [0.15, 0.2) is 0 Å². The van der Waals surface area contributed by atoms with E-state index in [1.807, 2.05) is 13.8 Å². The SMILES string of the molecule is CCOC(=O)/C=C/c1ccc(NC(=O)C(NC(C)=O)C(C)C)cc1. The number of esters is 1. The number of ether oxygens (including phenoxy) is 1. The molecule has 24 heavy (non-hydrogen) atoms. The Bertz CT molecular complexity index is 606. The van der Waals surface area contributed by atoms with E-state index in [1.165, 1.54) is 13.0 Å². The van der Waals surface area contributed by atoms with E-state index in [2.05, 4.69) is 10.6 Å². The second-order valence-electron chi connectivity index (χ2n) is 5.62. The standard InChI is InChI=1S/C18H24N2O4/c1-5-24-16(22)11-8-14-6-9-15(10-7-14)20-18(23)17(12(2)3)19-13(4)21/h6-12,17H,5H2,1-4H3,(H,19,21)(H,20,23)/b11-8+. The molecule has 0 heterocycles. The highest BCUT2D eigenvalue weighted by Crippen LogP contribution is 2.13. The summed E-state index contributed by atoms with van der Waals surface area (Å²) in [5.41, 5.74) is 1.42. The van der Waals surface area contributed by atoms with E-state index in [0.29, 0.717) is 12.3 Å². The molecule has 0 aliphatic carbocycles. The van der Waals surface area contributed by atoms with Crippen LogP contribution in [0.4, 0.5) is 5.69 Å². The second kappa shape index (κ2) is 9.50. The third-order valence-corrected chi connectivity index (χ3v) is 3.18. The Morgan fingerprint density at radius 3 is 2.29 bits per heavy atom. The fourth-order valence-electron chi connectivity index (χ4n) is 2.01. The van der Waals surface area contributed by atoms with Crippen LogP contribution in [-0.4, -0.2) is 30.4 Å². The summed E-state index contributed by atoms with van der Waals surface area (Å²) in [5.74, 6) is -0.941. The summed E-state index contributed by atoms with van der Waals surface area (Å²) in [7, 11) is 0. The first-order chi connectivity index (χ1) is 11.3. The third-order valence-electron chi connectivity index (χ3n) is 3.18. The maximum atomic E-state index is 12.3. The van der Waals surface area contributed by atoms with E-state index in [-0.39, 0.29) is 17.7 Å². The average Bonchev–Trinajstić information content (AvgIpc) is 2.51. The molecule has 6 heteroatoms. The number of benzene rings is 1. The van der Waals surface area contributed by atoms with E-state index < -0.39 is 12.0 Å². The van der Waals surface area contributed by atoms with Crippen LogP contribution in [0.1, 0.15) is 33.3 Å². The lowest BCUT2D eigenvalue weighted by Crippen LogP contribution is -2.46. The van der Waals surface area contributed by atoms with E-state index >= 15 is 0 Å². The molecule has 1 aromatic rings. The molecule has 2 amide bonds. The predicted molar refractivity (Wildman–Crippen MR) is 93.2 cm³/mol. The minimum atomic E-state index is -0.592. The van der Waals surface area contributed by atoms with Gasteiger partial charge in [0.2, 0.25) is 11.8 Å². The van der Waals surface area contributed by atoms with Crippen LogP contribution < -0.4 is 10.6 Å². The van der Waals surface area contributed by atoms with Gasteiger partial charge in [-0.15, -0.1) is 0 Å². The summed E-state index contributed by atoms with van der Waals surface area (Å²) in [6.07, 6.45) is 2.99. The van der Waals surface area contributed by atoms with Crippen molar-refractivity contribution >= 4 is 29.5 Å². The van der Waals surface area contributed by atoms with Gasteiger partial charge in [-0.1, -0.05) is 26.0 Å². The number of carbonyl (C=O) groups excluding carboxylic acids is 3. The van der Waals surface area contributed by atoms with Crippen molar-refractivity contribution in [1.82, 2.24) is 5.32 Å². The minimum Gasteiger partial charge on any atom is -0.463 e. The molecule has 0 aliphatic heterocycles. The monoisotopic (exact) mass is 332 g/mol. The fraction of sp³-hybridized carbons (Fsp3) is 0.389. The largest absolute Gasteiger partial charge is 0.463 e. The van der Waals surface area contributed by atoms with E-state index in [4.69, 9.17) is 4.74 Å². The number of carbonyl (C=O) groups is 3. The van der Waals surface area contributed by atoms with Gasteiger partial charge in [-0.25, -0.2) is 4.79 Å². The molecule has 0 radical (unpaired) electrons. The van der Waals surface area contributed by atoms with Crippen LogP contribution in [0.15, 0.2) is 30.3 Å². The number of nitrogens with one attached hydrogen (secondary N) is 2. The molecule has 0 aliphatic rings. The molecule has 0 fully saturated rings. The van der Waals surface area contributed by atoms with Gasteiger partial charge in [-0.3, -0.25) is 9.59 Å². The molecule has 2 N–H and O–H groups in total. The van der Waals surface area contributed by atoms with Gasteiger partial charge in [0, 0.05) is 18.7 Å². The molecule has 0 saturated carbocycles. The Morgan fingerprint density at radius 1 is 1.17 bits per heavy atom. The molecule has 1 aromatic carbocycles. The maximum absolute atomic E-state index is 12.3. The van der Waals surface area contributed by atoms with Gasteiger partial charge in [0.05, 0.1) is 6.61 Å². The van der Waals surface area contributed by atoms with Crippen LogP contribution in [0.2, 0.25) is 0 Å². The molecule has 130 valence electrons. The maximum Gasteiger partial charge on any atom is 0.330 e. The van der Waals surface area contributed by atoms with Crippen molar-refractivity contribution in [3.63, 3.8) is 0 Å². The summed E-state index contributed by atoms with van der Waals surface area (Å²) in [4.78, 5) is 34.7. The van der Waals surface area contributed by atoms with Crippen molar-refractivity contribution in [3.05, 3.63) is 35.9 Å². The first-order valence-electron chi connectivity index (χ1n) is 7.86. The lowest BCUT2D eigenvalue weighted by molar-refractivity contribution is -0.137. The summed E-state index contributed by atoms with van der Waals surface area (Å²) in [6.45, 7) is 7.19. The van der Waals surface area contributed by atoms with E-state index in [0.717, 1.165) is 5.56 Å². The summed E-state index contributed by atoms with van der Waals surface area (Å²) in [6, 6.07) is 6.41. The highest BCUT2D eigenvalue weighted by Gasteiger charge is 2.22. The third kappa shape index (κ3) is 6.64. The molecular weight excluding hydrogens is 308 g/mol. The number of amides is 2. The van der Waals surface area contributed by atoms with Gasteiger partial charge in [-0.05, 0) is 36.6 Å². The molecule has 6 nitrogen and oxygen atoms in total. The summed E-state index contributed by atoms with van der Waals surface area (Å²) >= 11 is 0. The molecule has 0 bridgehead atoms.